The van der Waals surface area contributed by atoms with Crippen LogP contribution in [-0.4, -0.2) is 30.6 Å². The summed E-state index contributed by atoms with van der Waals surface area (Å²) < 4.78 is 1.88. The van der Waals surface area contributed by atoms with Crippen molar-refractivity contribution in [1.29, 1.82) is 0 Å². The molecule has 0 spiro atoms. The van der Waals surface area contributed by atoms with Gasteiger partial charge in [0.15, 0.2) is 5.16 Å². The highest BCUT2D eigenvalue weighted by Crippen LogP contribution is 2.22. The Kier molecular flexibility index (Phi) is 6.57. The van der Waals surface area contributed by atoms with E-state index in [2.05, 4.69) is 25.5 Å². The summed E-state index contributed by atoms with van der Waals surface area (Å²) >= 11 is 7.53. The summed E-state index contributed by atoms with van der Waals surface area (Å²) in [6.45, 7) is 4.47. The Bertz CT molecular complexity index is 1350. The number of rotatable bonds is 7. The van der Waals surface area contributed by atoms with Crippen LogP contribution < -0.4 is 10.9 Å². The van der Waals surface area contributed by atoms with Gasteiger partial charge in [-0.15, -0.1) is 10.2 Å². The third-order valence-corrected chi connectivity index (χ3v) is 6.27. The number of para-hydroxylation sites is 1. The molecule has 0 aliphatic heterocycles. The van der Waals surface area contributed by atoms with Gasteiger partial charge in [0.25, 0.3) is 5.56 Å². The molecule has 0 radical (unpaired) electrons. The molecule has 4 rings (SSSR count). The van der Waals surface area contributed by atoms with E-state index in [1.807, 2.05) is 48.7 Å². The maximum atomic E-state index is 12.5. The van der Waals surface area contributed by atoms with Gasteiger partial charge < -0.3 is 14.9 Å². The van der Waals surface area contributed by atoms with Gasteiger partial charge in [0.1, 0.15) is 11.6 Å². The topological polar surface area (TPSA) is 106 Å². The molecule has 4 aromatic rings. The number of halogens is 1. The Hall–Kier alpha value is -3.17. The van der Waals surface area contributed by atoms with Gasteiger partial charge in [0.2, 0.25) is 5.91 Å². The normalized spacial score (nSPS) is 11.1. The number of benzene rings is 2. The number of amides is 1. The number of aromatic nitrogens is 5. The maximum absolute atomic E-state index is 12.5. The first kappa shape index (κ1) is 22.0. The van der Waals surface area contributed by atoms with Crippen LogP contribution in [0.4, 0.5) is 5.69 Å². The van der Waals surface area contributed by atoms with E-state index in [4.69, 9.17) is 11.6 Å². The number of aryl methyl sites for hydroxylation is 1. The number of carbonyl (C=O) groups excluding carboxylic acids is 1. The number of hydrogen-bond acceptors (Lipinski definition) is 6. The van der Waals surface area contributed by atoms with E-state index in [1.54, 1.807) is 12.1 Å². The summed E-state index contributed by atoms with van der Waals surface area (Å²) in [5, 5.41) is 13.1. The van der Waals surface area contributed by atoms with Gasteiger partial charge in [0.05, 0.1) is 23.1 Å². The quantitative estimate of drug-likeness (QED) is 0.397. The van der Waals surface area contributed by atoms with Crippen LogP contribution in [0.25, 0.3) is 10.9 Å². The highest BCUT2D eigenvalue weighted by molar-refractivity contribution is 7.98. The predicted octanol–water partition coefficient (Wildman–Crippen LogP) is 3.97. The summed E-state index contributed by atoms with van der Waals surface area (Å²) in [4.78, 5) is 32.1. The van der Waals surface area contributed by atoms with E-state index in [0.717, 1.165) is 5.56 Å². The molecule has 0 saturated heterocycles. The molecule has 2 aromatic heterocycles. The molecule has 0 atom stereocenters. The Morgan fingerprint density at radius 1 is 1.22 bits per heavy atom. The molecule has 2 aromatic carbocycles. The van der Waals surface area contributed by atoms with E-state index in [0.29, 0.717) is 50.7 Å². The molecule has 0 unspecified atom stereocenters. The molecular formula is C22H21ClN6O2S. The minimum Gasteiger partial charge on any atom is -0.326 e. The predicted molar refractivity (Wildman–Crippen MR) is 126 cm³/mol. The highest BCUT2D eigenvalue weighted by atomic mass is 35.5. The maximum Gasteiger partial charge on any atom is 0.258 e. The second-order valence-electron chi connectivity index (χ2n) is 7.15. The SMILES string of the molecule is CCn1c(CC(=O)Nc2ccc(C)c(Cl)c2)nnc1SCc1nc2ccccc2c(=O)[nH]1. The van der Waals surface area contributed by atoms with Crippen LogP contribution >= 0.6 is 23.4 Å². The second-order valence-corrected chi connectivity index (χ2v) is 8.50. The molecule has 1 amide bonds. The summed E-state index contributed by atoms with van der Waals surface area (Å²) in [5.41, 5.74) is 2.06. The standard InChI is InChI=1S/C22H21ClN6O2S/c1-3-29-19(11-20(30)24-14-9-8-13(2)16(23)10-14)27-28-22(29)32-12-18-25-17-7-5-4-6-15(17)21(31)26-18/h4-10H,3,11-12H2,1-2H3,(H,24,30)(H,25,26,31). The van der Waals surface area contributed by atoms with Crippen LogP contribution in [0.3, 0.4) is 0 Å². The number of nitrogens with one attached hydrogen (secondary N) is 2. The van der Waals surface area contributed by atoms with Crippen molar-refractivity contribution in [1.82, 2.24) is 24.7 Å². The lowest BCUT2D eigenvalue weighted by atomic mass is 10.2. The van der Waals surface area contributed by atoms with Crippen molar-refractivity contribution in [2.45, 2.75) is 37.7 Å². The van der Waals surface area contributed by atoms with Crippen molar-refractivity contribution in [2.75, 3.05) is 5.32 Å². The van der Waals surface area contributed by atoms with Crippen LogP contribution in [0.5, 0.6) is 0 Å². The monoisotopic (exact) mass is 468 g/mol. The summed E-state index contributed by atoms with van der Waals surface area (Å²) in [6, 6.07) is 12.6. The molecule has 0 aliphatic rings. The van der Waals surface area contributed by atoms with Crippen molar-refractivity contribution in [2.24, 2.45) is 0 Å². The zero-order chi connectivity index (χ0) is 22.7. The van der Waals surface area contributed by atoms with Crippen LogP contribution in [-0.2, 0) is 23.5 Å². The van der Waals surface area contributed by atoms with Crippen LogP contribution in [0.15, 0.2) is 52.4 Å². The minimum atomic E-state index is -0.205. The van der Waals surface area contributed by atoms with Crippen molar-refractivity contribution < 1.29 is 4.79 Å². The molecule has 2 N–H and O–H groups in total. The number of fused-ring (bicyclic) bond motifs is 1. The van der Waals surface area contributed by atoms with Crippen molar-refractivity contribution in [3.8, 4) is 0 Å². The number of aromatic amines is 1. The van der Waals surface area contributed by atoms with Gasteiger partial charge in [-0.3, -0.25) is 9.59 Å². The van der Waals surface area contributed by atoms with Gasteiger partial charge in [-0.2, -0.15) is 0 Å². The fourth-order valence-electron chi connectivity index (χ4n) is 3.23. The number of nitrogens with zero attached hydrogens (tertiary/aromatic N) is 4. The number of thioether (sulfide) groups is 1. The smallest absolute Gasteiger partial charge is 0.258 e. The lowest BCUT2D eigenvalue weighted by Crippen LogP contribution is -2.17. The highest BCUT2D eigenvalue weighted by Gasteiger charge is 2.16. The average Bonchev–Trinajstić information content (AvgIpc) is 3.16. The first-order chi connectivity index (χ1) is 15.4. The fraction of sp³-hybridized carbons (Fsp3) is 0.227. The van der Waals surface area contributed by atoms with E-state index < -0.39 is 0 Å². The molecule has 0 saturated carbocycles. The third-order valence-electron chi connectivity index (χ3n) is 4.88. The molecule has 164 valence electrons. The van der Waals surface area contributed by atoms with Crippen LogP contribution in [0, 0.1) is 6.92 Å². The second kappa shape index (κ2) is 9.54. The van der Waals surface area contributed by atoms with Crippen molar-refractivity contribution in [3.05, 3.63) is 75.1 Å². The van der Waals surface area contributed by atoms with Gasteiger partial charge in [-0.1, -0.05) is 41.6 Å². The minimum absolute atomic E-state index is 0.0813. The largest absolute Gasteiger partial charge is 0.326 e. The number of hydrogen-bond donors (Lipinski definition) is 2. The first-order valence-electron chi connectivity index (χ1n) is 10.0. The number of H-pyrrole nitrogens is 1. The Morgan fingerprint density at radius 3 is 2.81 bits per heavy atom. The van der Waals surface area contributed by atoms with Crippen molar-refractivity contribution in [3.63, 3.8) is 0 Å². The van der Waals surface area contributed by atoms with Gasteiger partial charge in [-0.25, -0.2) is 4.98 Å². The van der Waals surface area contributed by atoms with Crippen LogP contribution in [0.2, 0.25) is 5.02 Å². The van der Waals surface area contributed by atoms with Gasteiger partial charge in [-0.05, 0) is 43.7 Å². The van der Waals surface area contributed by atoms with E-state index >= 15 is 0 Å². The average molecular weight is 469 g/mol. The fourth-order valence-corrected chi connectivity index (χ4v) is 4.30. The molecule has 0 fully saturated rings. The number of carbonyl (C=O) groups is 1. The van der Waals surface area contributed by atoms with Crippen molar-refractivity contribution >= 4 is 45.9 Å². The molecule has 0 aliphatic carbocycles. The molecule has 32 heavy (non-hydrogen) atoms. The lowest BCUT2D eigenvalue weighted by Gasteiger charge is -2.09. The van der Waals surface area contributed by atoms with E-state index in [9.17, 15) is 9.59 Å². The van der Waals surface area contributed by atoms with Crippen LogP contribution in [0.1, 0.15) is 24.1 Å². The van der Waals surface area contributed by atoms with Gasteiger partial charge >= 0.3 is 0 Å². The van der Waals surface area contributed by atoms with E-state index in [-0.39, 0.29) is 17.9 Å². The van der Waals surface area contributed by atoms with Gasteiger partial charge in [0, 0.05) is 17.3 Å². The Labute approximate surface area is 193 Å². The zero-order valence-electron chi connectivity index (χ0n) is 17.6. The zero-order valence-corrected chi connectivity index (χ0v) is 19.1. The summed E-state index contributed by atoms with van der Waals surface area (Å²) in [7, 11) is 0. The summed E-state index contributed by atoms with van der Waals surface area (Å²) in [6.07, 6.45) is 0.0813. The van der Waals surface area contributed by atoms with E-state index in [1.165, 1.54) is 11.8 Å². The first-order valence-corrected chi connectivity index (χ1v) is 11.4. The summed E-state index contributed by atoms with van der Waals surface area (Å²) in [5.74, 6) is 1.33. The third kappa shape index (κ3) is 4.84. The Morgan fingerprint density at radius 2 is 2.03 bits per heavy atom. The molecular weight excluding hydrogens is 448 g/mol. The molecule has 2 heterocycles. The molecule has 0 bridgehead atoms. The lowest BCUT2D eigenvalue weighted by molar-refractivity contribution is -0.115. The Balaban J connectivity index is 1.45. The number of anilines is 1. The molecule has 8 nitrogen and oxygen atoms in total. The molecule has 10 heteroatoms.